The second kappa shape index (κ2) is 7.88. The smallest absolute Gasteiger partial charge is 0.279 e. The predicted molar refractivity (Wildman–Crippen MR) is 114 cm³/mol. The highest BCUT2D eigenvalue weighted by molar-refractivity contribution is 7.17. The van der Waals surface area contributed by atoms with Gasteiger partial charge >= 0.3 is 0 Å². The van der Waals surface area contributed by atoms with Gasteiger partial charge < -0.3 is 9.80 Å². The first kappa shape index (κ1) is 17.7. The quantitative estimate of drug-likeness (QED) is 0.447. The van der Waals surface area contributed by atoms with E-state index in [4.69, 9.17) is 0 Å². The van der Waals surface area contributed by atoms with Gasteiger partial charge in [-0.1, -0.05) is 24.3 Å². The summed E-state index contributed by atoms with van der Waals surface area (Å²) in [5.41, 5.74) is 2.07. The molecule has 2 aliphatic rings. The van der Waals surface area contributed by atoms with Gasteiger partial charge in [0, 0.05) is 30.1 Å². The van der Waals surface area contributed by atoms with E-state index in [2.05, 4.69) is 33.8 Å². The largest absolute Gasteiger partial charge is 0.363 e. The zero-order chi connectivity index (χ0) is 18.6. The van der Waals surface area contributed by atoms with E-state index in [1.807, 2.05) is 24.3 Å². The molecule has 1 fully saturated rings. The van der Waals surface area contributed by atoms with Crippen molar-refractivity contribution < 1.29 is 4.79 Å². The molecular formula is C21H22N4OS. The zero-order valence-corrected chi connectivity index (χ0v) is 16.0. The minimum Gasteiger partial charge on any atom is -0.363 e. The number of carbonyl (C=O) groups is 1. The molecule has 27 heavy (non-hydrogen) atoms. The minimum absolute atomic E-state index is 0.131. The van der Waals surface area contributed by atoms with Crippen LogP contribution in [0.3, 0.4) is 0 Å². The van der Waals surface area contributed by atoms with Crippen molar-refractivity contribution in [2.24, 2.45) is 10.2 Å². The number of fused-ring (bicyclic) bond motifs is 1. The van der Waals surface area contributed by atoms with Crippen LogP contribution in [0.1, 0.15) is 29.7 Å². The average Bonchev–Trinajstić information content (AvgIpc) is 3.28. The summed E-state index contributed by atoms with van der Waals surface area (Å²) in [6.07, 6.45) is 7.30. The van der Waals surface area contributed by atoms with E-state index >= 15 is 0 Å². The molecule has 4 rings (SSSR count). The normalized spacial score (nSPS) is 18.5. The number of benzene rings is 1. The Morgan fingerprint density at radius 2 is 1.93 bits per heavy atom. The minimum atomic E-state index is -0.131. The second-order valence-electron chi connectivity index (χ2n) is 6.64. The van der Waals surface area contributed by atoms with E-state index in [1.165, 1.54) is 24.3 Å². The van der Waals surface area contributed by atoms with Crippen LogP contribution in [0.25, 0.3) is 0 Å². The molecule has 0 bridgehead atoms. The number of hydrogen-bond acceptors (Lipinski definition) is 5. The van der Waals surface area contributed by atoms with Crippen LogP contribution in [0.4, 0.5) is 10.7 Å². The summed E-state index contributed by atoms with van der Waals surface area (Å²) in [7, 11) is 0. The van der Waals surface area contributed by atoms with E-state index < -0.39 is 0 Å². The third kappa shape index (κ3) is 3.57. The lowest BCUT2D eigenvalue weighted by atomic mass is 10.1. The molecule has 0 radical (unpaired) electrons. The second-order valence-corrected chi connectivity index (χ2v) is 7.73. The van der Waals surface area contributed by atoms with E-state index in [-0.39, 0.29) is 5.91 Å². The molecule has 0 aliphatic carbocycles. The Morgan fingerprint density at radius 3 is 2.74 bits per heavy atom. The van der Waals surface area contributed by atoms with Crippen molar-refractivity contribution in [3.05, 3.63) is 59.5 Å². The number of carbonyl (C=O) groups excluding carboxylic acids is 1. The number of amides is 1. The van der Waals surface area contributed by atoms with Crippen LogP contribution in [0.15, 0.2) is 59.3 Å². The molecule has 1 aromatic heterocycles. The molecule has 0 saturated carbocycles. The maximum Gasteiger partial charge on any atom is 0.279 e. The van der Waals surface area contributed by atoms with Gasteiger partial charge in [-0.05, 0) is 37.5 Å². The van der Waals surface area contributed by atoms with Crippen LogP contribution in [-0.4, -0.2) is 37.5 Å². The third-order valence-electron chi connectivity index (χ3n) is 4.83. The Labute approximate surface area is 163 Å². The Balaban J connectivity index is 1.53. The summed E-state index contributed by atoms with van der Waals surface area (Å²) < 4.78 is 0. The number of hydrogen-bond donors (Lipinski definition) is 0. The van der Waals surface area contributed by atoms with Crippen LogP contribution in [0.2, 0.25) is 0 Å². The first-order valence-corrected chi connectivity index (χ1v) is 10.1. The number of piperidine rings is 1. The molecule has 1 saturated heterocycles. The number of para-hydroxylation sites is 1. The highest BCUT2D eigenvalue weighted by atomic mass is 32.1. The van der Waals surface area contributed by atoms with E-state index in [1.54, 1.807) is 28.5 Å². The standard InChI is InChI=1S/C21H22N4OS/c1-2-12-25-18-9-5-4-8-17(18)20(21(25)26)23-22-15-16-10-11-19(27-16)24-13-6-3-7-14-24/h2,4-5,8-11,15H,1,3,6-7,12-14H2/b22-15-,23-20+. The number of thiophene rings is 1. The number of rotatable bonds is 5. The van der Waals surface area contributed by atoms with E-state index in [0.29, 0.717) is 12.3 Å². The summed E-state index contributed by atoms with van der Waals surface area (Å²) in [5.74, 6) is -0.131. The Morgan fingerprint density at radius 1 is 1.11 bits per heavy atom. The van der Waals surface area contributed by atoms with Gasteiger partial charge in [-0.3, -0.25) is 4.79 Å². The summed E-state index contributed by atoms with van der Waals surface area (Å²) in [4.78, 5) is 17.8. The molecule has 6 heteroatoms. The SMILES string of the molecule is C=CCN1C(=O)/C(=N/N=C\c2ccc(N3CCCCC3)s2)c2ccccc21. The molecule has 0 N–H and O–H groups in total. The molecule has 1 amide bonds. The van der Waals surface area contributed by atoms with Gasteiger partial charge in [0.1, 0.15) is 0 Å². The lowest BCUT2D eigenvalue weighted by molar-refractivity contribution is -0.112. The summed E-state index contributed by atoms with van der Waals surface area (Å²) in [5, 5.41) is 9.74. The summed E-state index contributed by atoms with van der Waals surface area (Å²) in [6, 6.07) is 11.9. The van der Waals surface area contributed by atoms with E-state index in [9.17, 15) is 4.79 Å². The topological polar surface area (TPSA) is 48.3 Å². The first-order valence-electron chi connectivity index (χ1n) is 9.26. The highest BCUT2D eigenvalue weighted by Crippen LogP contribution is 2.30. The molecule has 5 nitrogen and oxygen atoms in total. The Bertz CT molecular complexity index is 908. The van der Waals surface area contributed by atoms with Gasteiger partial charge in [0.15, 0.2) is 5.71 Å². The van der Waals surface area contributed by atoms with Crippen LogP contribution in [-0.2, 0) is 4.79 Å². The first-order chi connectivity index (χ1) is 13.3. The van der Waals surface area contributed by atoms with Crippen molar-refractivity contribution in [3.63, 3.8) is 0 Å². The van der Waals surface area contributed by atoms with Crippen molar-refractivity contribution >= 4 is 39.9 Å². The van der Waals surface area contributed by atoms with Crippen molar-refractivity contribution in [3.8, 4) is 0 Å². The lowest BCUT2D eigenvalue weighted by Gasteiger charge is -2.27. The van der Waals surface area contributed by atoms with Crippen LogP contribution in [0.5, 0.6) is 0 Å². The molecule has 3 heterocycles. The zero-order valence-electron chi connectivity index (χ0n) is 15.2. The monoisotopic (exact) mass is 378 g/mol. The highest BCUT2D eigenvalue weighted by Gasteiger charge is 2.32. The predicted octanol–water partition coefficient (Wildman–Crippen LogP) is 4.09. The molecule has 138 valence electrons. The fraction of sp³-hybridized carbons (Fsp3) is 0.286. The van der Waals surface area contributed by atoms with Crippen LogP contribution < -0.4 is 9.80 Å². The van der Waals surface area contributed by atoms with Gasteiger partial charge in [-0.25, -0.2) is 0 Å². The number of anilines is 2. The Kier molecular flexibility index (Phi) is 5.16. The molecular weight excluding hydrogens is 356 g/mol. The van der Waals surface area contributed by atoms with Crippen molar-refractivity contribution in [1.29, 1.82) is 0 Å². The molecule has 0 atom stereocenters. The molecule has 0 spiro atoms. The average molecular weight is 379 g/mol. The molecule has 1 aromatic carbocycles. The van der Waals surface area contributed by atoms with Gasteiger partial charge in [-0.2, -0.15) is 5.10 Å². The Hall–Kier alpha value is -2.73. The molecule has 2 aromatic rings. The van der Waals surface area contributed by atoms with Gasteiger partial charge in [0.2, 0.25) is 0 Å². The van der Waals surface area contributed by atoms with Crippen molar-refractivity contribution in [2.45, 2.75) is 19.3 Å². The van der Waals surface area contributed by atoms with Gasteiger partial charge in [0.25, 0.3) is 5.91 Å². The fourth-order valence-electron chi connectivity index (χ4n) is 3.51. The molecule has 0 unspecified atom stereocenters. The van der Waals surface area contributed by atoms with Gasteiger partial charge in [-0.15, -0.1) is 23.0 Å². The lowest BCUT2D eigenvalue weighted by Crippen LogP contribution is -2.30. The van der Waals surface area contributed by atoms with Gasteiger partial charge in [0.05, 0.1) is 16.9 Å². The fourth-order valence-corrected chi connectivity index (χ4v) is 4.43. The molecule has 2 aliphatic heterocycles. The van der Waals surface area contributed by atoms with Crippen LogP contribution in [0, 0.1) is 0 Å². The van der Waals surface area contributed by atoms with Crippen molar-refractivity contribution in [1.82, 2.24) is 0 Å². The summed E-state index contributed by atoms with van der Waals surface area (Å²) in [6.45, 7) is 6.45. The van der Waals surface area contributed by atoms with E-state index in [0.717, 1.165) is 29.2 Å². The maximum atomic E-state index is 12.7. The number of nitrogens with zero attached hydrogens (tertiary/aromatic N) is 4. The maximum absolute atomic E-state index is 12.7. The third-order valence-corrected chi connectivity index (χ3v) is 5.91. The van der Waals surface area contributed by atoms with Crippen LogP contribution >= 0.6 is 11.3 Å². The van der Waals surface area contributed by atoms with Crippen molar-refractivity contribution in [2.75, 3.05) is 29.4 Å². The summed E-state index contributed by atoms with van der Waals surface area (Å²) >= 11 is 1.72.